The van der Waals surface area contributed by atoms with Crippen LogP contribution in [0.3, 0.4) is 0 Å². The number of benzene rings is 1. The molecule has 2 unspecified atom stereocenters. The molecule has 1 aromatic rings. The molecular formula is C12H17N3O4. The lowest BCUT2D eigenvalue weighted by Gasteiger charge is -2.20. The van der Waals surface area contributed by atoms with Crippen molar-refractivity contribution in [3.63, 3.8) is 0 Å². The largest absolute Gasteiger partial charge is 0.497 e. The zero-order chi connectivity index (χ0) is 14.3. The molecule has 1 aromatic carbocycles. The van der Waals surface area contributed by atoms with Crippen LogP contribution in [0.5, 0.6) is 11.5 Å². The molecular weight excluding hydrogens is 250 g/mol. The minimum absolute atomic E-state index is 0.118. The summed E-state index contributed by atoms with van der Waals surface area (Å²) in [6.07, 6.45) is -1.98. The fourth-order valence-electron chi connectivity index (χ4n) is 1.66. The second kappa shape index (κ2) is 7.48. The van der Waals surface area contributed by atoms with E-state index >= 15 is 0 Å². The molecule has 0 aliphatic heterocycles. The van der Waals surface area contributed by atoms with Crippen LogP contribution in [-0.2, 0) is 0 Å². The molecule has 0 amide bonds. The molecule has 0 aliphatic carbocycles. The number of hydrogen-bond acceptors (Lipinski definition) is 5. The number of ether oxygens (including phenoxy) is 2. The predicted octanol–water partition coefficient (Wildman–Crippen LogP) is 1.80. The molecule has 0 heterocycles. The number of aliphatic hydroxyl groups excluding tert-OH is 2. The van der Waals surface area contributed by atoms with E-state index in [-0.39, 0.29) is 13.0 Å². The zero-order valence-electron chi connectivity index (χ0n) is 10.9. The summed E-state index contributed by atoms with van der Waals surface area (Å²) < 4.78 is 10.2. The van der Waals surface area contributed by atoms with Crippen LogP contribution in [0.25, 0.3) is 10.4 Å². The number of hydrogen-bond donors (Lipinski definition) is 2. The second-order valence-corrected chi connectivity index (χ2v) is 3.86. The van der Waals surface area contributed by atoms with E-state index in [9.17, 15) is 10.2 Å². The Bertz CT molecular complexity index is 460. The van der Waals surface area contributed by atoms with E-state index in [2.05, 4.69) is 10.0 Å². The molecule has 1 rings (SSSR count). The Kier molecular flexibility index (Phi) is 5.95. The number of methoxy groups -OCH3 is 2. The third-order valence-electron chi connectivity index (χ3n) is 2.71. The maximum absolute atomic E-state index is 10.1. The van der Waals surface area contributed by atoms with Gasteiger partial charge in [0.25, 0.3) is 0 Å². The van der Waals surface area contributed by atoms with E-state index in [0.717, 1.165) is 0 Å². The van der Waals surface area contributed by atoms with Gasteiger partial charge in [0.2, 0.25) is 0 Å². The summed E-state index contributed by atoms with van der Waals surface area (Å²) in [6, 6.07) is 4.92. The van der Waals surface area contributed by atoms with E-state index < -0.39 is 12.2 Å². The number of aliphatic hydroxyl groups is 2. The van der Waals surface area contributed by atoms with E-state index in [1.807, 2.05) is 0 Å². The van der Waals surface area contributed by atoms with Crippen LogP contribution in [0.2, 0.25) is 0 Å². The van der Waals surface area contributed by atoms with Gasteiger partial charge >= 0.3 is 0 Å². The van der Waals surface area contributed by atoms with Gasteiger partial charge in [0.15, 0.2) is 0 Å². The first kappa shape index (κ1) is 15.1. The third-order valence-corrected chi connectivity index (χ3v) is 2.71. The number of nitrogens with zero attached hydrogens (tertiary/aromatic N) is 3. The van der Waals surface area contributed by atoms with Gasteiger partial charge in [-0.2, -0.15) is 0 Å². The SMILES string of the molecule is COc1ccc(C(O)C(O)CCN=[N+]=[N-])c(OC)c1. The Labute approximate surface area is 111 Å². The van der Waals surface area contributed by atoms with Gasteiger partial charge in [0, 0.05) is 23.1 Å². The predicted molar refractivity (Wildman–Crippen MR) is 69.1 cm³/mol. The fourth-order valence-corrected chi connectivity index (χ4v) is 1.66. The molecule has 2 N–H and O–H groups in total. The minimum Gasteiger partial charge on any atom is -0.497 e. The van der Waals surface area contributed by atoms with Crippen LogP contribution in [-0.4, -0.2) is 37.1 Å². The van der Waals surface area contributed by atoms with Crippen molar-refractivity contribution in [2.24, 2.45) is 5.11 Å². The van der Waals surface area contributed by atoms with Crippen LogP contribution >= 0.6 is 0 Å². The van der Waals surface area contributed by atoms with Crippen LogP contribution in [0.4, 0.5) is 0 Å². The van der Waals surface area contributed by atoms with E-state index in [1.165, 1.54) is 14.2 Å². The van der Waals surface area contributed by atoms with Gasteiger partial charge in [0.1, 0.15) is 17.6 Å². The highest BCUT2D eigenvalue weighted by Crippen LogP contribution is 2.31. The van der Waals surface area contributed by atoms with Crippen molar-refractivity contribution in [1.82, 2.24) is 0 Å². The summed E-state index contributed by atoms with van der Waals surface area (Å²) in [6.45, 7) is 0.118. The van der Waals surface area contributed by atoms with E-state index in [1.54, 1.807) is 18.2 Å². The lowest BCUT2D eigenvalue weighted by molar-refractivity contribution is 0.0137. The monoisotopic (exact) mass is 267 g/mol. The molecule has 0 saturated carbocycles. The van der Waals surface area contributed by atoms with Crippen LogP contribution in [0, 0.1) is 0 Å². The molecule has 7 nitrogen and oxygen atoms in total. The highest BCUT2D eigenvalue weighted by Gasteiger charge is 2.21. The van der Waals surface area contributed by atoms with E-state index in [0.29, 0.717) is 17.1 Å². The summed E-state index contributed by atoms with van der Waals surface area (Å²) >= 11 is 0. The second-order valence-electron chi connectivity index (χ2n) is 3.86. The molecule has 0 radical (unpaired) electrons. The van der Waals surface area contributed by atoms with Gasteiger partial charge in [0.05, 0.1) is 20.3 Å². The summed E-state index contributed by atoms with van der Waals surface area (Å²) in [4.78, 5) is 2.59. The van der Waals surface area contributed by atoms with Crippen LogP contribution < -0.4 is 9.47 Å². The van der Waals surface area contributed by atoms with Gasteiger partial charge in [-0.15, -0.1) is 0 Å². The lowest BCUT2D eigenvalue weighted by Crippen LogP contribution is -2.19. The Morgan fingerprint density at radius 2 is 2.05 bits per heavy atom. The average Bonchev–Trinajstić information content (AvgIpc) is 2.45. The molecule has 0 bridgehead atoms. The lowest BCUT2D eigenvalue weighted by atomic mass is 10.0. The minimum atomic E-state index is -1.12. The van der Waals surface area contributed by atoms with Crippen molar-refractivity contribution in [3.8, 4) is 11.5 Å². The molecule has 0 spiro atoms. The van der Waals surface area contributed by atoms with Crippen molar-refractivity contribution in [3.05, 3.63) is 34.2 Å². The molecule has 0 saturated heterocycles. The molecule has 104 valence electrons. The normalized spacial score (nSPS) is 13.3. The fraction of sp³-hybridized carbons (Fsp3) is 0.500. The van der Waals surface area contributed by atoms with Crippen molar-refractivity contribution in [1.29, 1.82) is 0 Å². The third kappa shape index (κ3) is 4.03. The van der Waals surface area contributed by atoms with Gasteiger partial charge in [-0.05, 0) is 24.1 Å². The van der Waals surface area contributed by atoms with Crippen molar-refractivity contribution in [2.75, 3.05) is 20.8 Å². The van der Waals surface area contributed by atoms with Gasteiger partial charge < -0.3 is 19.7 Å². The first-order valence-corrected chi connectivity index (χ1v) is 5.73. The van der Waals surface area contributed by atoms with Crippen molar-refractivity contribution >= 4 is 0 Å². The standard InChI is InChI=1S/C12H17N3O4/c1-18-8-3-4-9(11(7-8)19-2)12(17)10(16)5-6-14-15-13/h3-4,7,10,12,16-17H,5-6H2,1-2H3. The first-order valence-electron chi connectivity index (χ1n) is 5.73. The Balaban J connectivity index is 2.85. The van der Waals surface area contributed by atoms with Crippen LogP contribution in [0.15, 0.2) is 23.3 Å². The Morgan fingerprint density at radius 3 is 2.63 bits per heavy atom. The zero-order valence-corrected chi connectivity index (χ0v) is 10.9. The first-order chi connectivity index (χ1) is 9.13. The summed E-state index contributed by atoms with van der Waals surface area (Å²) in [5.41, 5.74) is 8.61. The Morgan fingerprint density at radius 1 is 1.32 bits per heavy atom. The number of azide groups is 1. The van der Waals surface area contributed by atoms with Crippen molar-refractivity contribution in [2.45, 2.75) is 18.6 Å². The smallest absolute Gasteiger partial charge is 0.128 e. The summed E-state index contributed by atoms with van der Waals surface area (Å²) in [7, 11) is 3.00. The van der Waals surface area contributed by atoms with Gasteiger partial charge in [-0.25, -0.2) is 0 Å². The van der Waals surface area contributed by atoms with Crippen LogP contribution in [0.1, 0.15) is 18.1 Å². The molecule has 0 fully saturated rings. The summed E-state index contributed by atoms with van der Waals surface area (Å²) in [5.74, 6) is 1.02. The Hall–Kier alpha value is -1.95. The molecule has 2 atom stereocenters. The van der Waals surface area contributed by atoms with E-state index in [4.69, 9.17) is 15.0 Å². The highest BCUT2D eigenvalue weighted by molar-refractivity contribution is 5.42. The average molecular weight is 267 g/mol. The molecule has 0 aromatic heterocycles. The molecule has 7 heteroatoms. The topological polar surface area (TPSA) is 108 Å². The summed E-state index contributed by atoms with van der Waals surface area (Å²) in [5, 5.41) is 23.2. The maximum atomic E-state index is 10.1. The van der Waals surface area contributed by atoms with Gasteiger partial charge in [-0.1, -0.05) is 5.11 Å². The number of rotatable bonds is 7. The quantitative estimate of drug-likeness (QED) is 0.446. The van der Waals surface area contributed by atoms with Crippen molar-refractivity contribution < 1.29 is 19.7 Å². The van der Waals surface area contributed by atoms with Gasteiger partial charge in [-0.3, -0.25) is 0 Å². The molecule has 19 heavy (non-hydrogen) atoms. The molecule has 0 aliphatic rings. The maximum Gasteiger partial charge on any atom is 0.128 e. The highest BCUT2D eigenvalue weighted by atomic mass is 16.5.